The number of non-ortho nitro benzene ring substituents is 1. The van der Waals surface area contributed by atoms with Gasteiger partial charge in [-0.25, -0.2) is 0 Å². The summed E-state index contributed by atoms with van der Waals surface area (Å²) in [5.41, 5.74) is 1.07. The van der Waals surface area contributed by atoms with E-state index in [0.717, 1.165) is 12.8 Å². The van der Waals surface area contributed by atoms with E-state index in [4.69, 9.17) is 4.74 Å². The smallest absolute Gasteiger partial charge is 0.269 e. The molecule has 7 nitrogen and oxygen atoms in total. The van der Waals surface area contributed by atoms with E-state index in [9.17, 15) is 20.3 Å². The Morgan fingerprint density at radius 3 is 2.17 bits per heavy atom. The number of benzene rings is 1. The van der Waals surface area contributed by atoms with Gasteiger partial charge in [0.15, 0.2) is 0 Å². The van der Waals surface area contributed by atoms with Gasteiger partial charge in [-0.05, 0) is 45.2 Å². The van der Waals surface area contributed by atoms with Crippen molar-refractivity contribution in [2.45, 2.75) is 44.8 Å². The van der Waals surface area contributed by atoms with Crippen molar-refractivity contribution in [2.24, 2.45) is 0 Å². The molecule has 2 N–H and O–H groups in total. The van der Waals surface area contributed by atoms with Crippen LogP contribution in [0.4, 0.5) is 5.69 Å². The zero-order valence-electron chi connectivity index (χ0n) is 13.7. The van der Waals surface area contributed by atoms with Gasteiger partial charge in [0.1, 0.15) is 0 Å². The quantitative estimate of drug-likeness (QED) is 0.650. The van der Waals surface area contributed by atoms with Crippen LogP contribution in [0.25, 0.3) is 5.69 Å². The van der Waals surface area contributed by atoms with Crippen molar-refractivity contribution in [3.63, 3.8) is 0 Å². The number of aromatic nitrogens is 1. The van der Waals surface area contributed by atoms with Crippen molar-refractivity contribution in [1.82, 2.24) is 4.57 Å². The minimum Gasteiger partial charge on any atom is -0.494 e. The first kappa shape index (κ1) is 15.0. The van der Waals surface area contributed by atoms with Crippen molar-refractivity contribution in [1.29, 1.82) is 0 Å². The maximum absolute atomic E-state index is 10.9. The van der Waals surface area contributed by atoms with Crippen LogP contribution in [0.15, 0.2) is 18.2 Å². The van der Waals surface area contributed by atoms with Crippen LogP contribution in [0.5, 0.6) is 11.8 Å². The monoisotopic (exact) mass is 330 g/mol. The van der Waals surface area contributed by atoms with Crippen LogP contribution in [0.1, 0.15) is 43.4 Å². The van der Waals surface area contributed by atoms with E-state index < -0.39 is 16.1 Å². The molecule has 1 fully saturated rings. The van der Waals surface area contributed by atoms with Crippen LogP contribution in [-0.4, -0.2) is 19.7 Å². The van der Waals surface area contributed by atoms with Crippen molar-refractivity contribution in [2.75, 3.05) is 0 Å². The molecule has 1 aromatic carbocycles. The highest BCUT2D eigenvalue weighted by Crippen LogP contribution is 2.64. The standard InChI is InChI=1S/C17H18N2O5/c1-9-8-10(19(22)23)4-5-11(9)18-14(20)12-13(15(18)21)17(3)7-6-16(12,2)24-17/h4-5,8,20-21H,6-7H2,1-3H3/t16-,17+. The lowest BCUT2D eigenvalue weighted by molar-refractivity contribution is -0.384. The Hall–Kier alpha value is -2.54. The van der Waals surface area contributed by atoms with Crippen LogP contribution >= 0.6 is 0 Å². The summed E-state index contributed by atoms with van der Waals surface area (Å²) in [6.07, 6.45) is 1.54. The number of nitrogens with zero attached hydrogens (tertiary/aromatic N) is 2. The second-order valence-electron chi connectivity index (χ2n) is 7.02. The molecule has 2 aliphatic heterocycles. The third-order valence-corrected chi connectivity index (χ3v) is 5.34. The molecule has 7 heteroatoms. The fraction of sp³-hybridized carbons (Fsp3) is 0.412. The number of fused-ring (bicyclic) bond motifs is 5. The Balaban J connectivity index is 1.96. The summed E-state index contributed by atoms with van der Waals surface area (Å²) in [4.78, 5) is 10.4. The highest BCUT2D eigenvalue weighted by molar-refractivity contribution is 5.62. The molecular formula is C17H18N2O5. The molecule has 0 saturated carbocycles. The average molecular weight is 330 g/mol. The lowest BCUT2D eigenvalue weighted by Gasteiger charge is -2.21. The molecule has 0 spiro atoms. The lowest BCUT2D eigenvalue weighted by Crippen LogP contribution is -2.17. The maximum Gasteiger partial charge on any atom is 0.269 e. The van der Waals surface area contributed by atoms with E-state index in [1.165, 1.54) is 22.8 Å². The Kier molecular flexibility index (Phi) is 2.69. The Bertz CT molecular complexity index is 863. The normalized spacial score (nSPS) is 27.5. The third-order valence-electron chi connectivity index (χ3n) is 5.34. The van der Waals surface area contributed by atoms with Crippen molar-refractivity contribution in [3.8, 4) is 17.4 Å². The predicted molar refractivity (Wildman–Crippen MR) is 85.5 cm³/mol. The van der Waals surface area contributed by atoms with Gasteiger partial charge >= 0.3 is 0 Å². The van der Waals surface area contributed by atoms with E-state index in [1.54, 1.807) is 6.92 Å². The first-order chi connectivity index (χ1) is 11.2. The first-order valence-electron chi connectivity index (χ1n) is 7.81. The fourth-order valence-electron chi connectivity index (χ4n) is 4.21. The number of aryl methyl sites for hydroxylation is 1. The second kappa shape index (κ2) is 4.30. The van der Waals surface area contributed by atoms with E-state index in [2.05, 4.69) is 0 Å². The molecule has 0 amide bonds. The van der Waals surface area contributed by atoms with E-state index in [-0.39, 0.29) is 17.4 Å². The number of nitro benzene ring substituents is 1. The summed E-state index contributed by atoms with van der Waals surface area (Å²) >= 11 is 0. The number of rotatable bonds is 2. The molecule has 0 unspecified atom stereocenters. The molecule has 2 bridgehead atoms. The van der Waals surface area contributed by atoms with Gasteiger partial charge in [-0.3, -0.25) is 14.7 Å². The maximum atomic E-state index is 10.9. The van der Waals surface area contributed by atoms with E-state index >= 15 is 0 Å². The third kappa shape index (κ3) is 1.65. The molecule has 0 radical (unpaired) electrons. The zero-order chi connectivity index (χ0) is 17.4. The van der Waals surface area contributed by atoms with Gasteiger partial charge < -0.3 is 14.9 Å². The van der Waals surface area contributed by atoms with E-state index in [0.29, 0.717) is 22.4 Å². The number of hydrogen-bond acceptors (Lipinski definition) is 5. The van der Waals surface area contributed by atoms with Crippen LogP contribution < -0.4 is 0 Å². The molecule has 2 atom stereocenters. The van der Waals surface area contributed by atoms with Gasteiger partial charge in [0.25, 0.3) is 5.69 Å². The Morgan fingerprint density at radius 2 is 1.71 bits per heavy atom. The van der Waals surface area contributed by atoms with Crippen molar-refractivity contribution >= 4 is 5.69 Å². The van der Waals surface area contributed by atoms with Gasteiger partial charge in [-0.2, -0.15) is 0 Å². The number of nitro groups is 1. The molecular weight excluding hydrogens is 312 g/mol. The topological polar surface area (TPSA) is 97.8 Å². The van der Waals surface area contributed by atoms with Gasteiger partial charge in [0, 0.05) is 12.1 Å². The van der Waals surface area contributed by atoms with Crippen LogP contribution in [-0.2, 0) is 15.9 Å². The minimum atomic E-state index is -0.619. The highest BCUT2D eigenvalue weighted by Gasteiger charge is 2.59. The largest absolute Gasteiger partial charge is 0.494 e. The zero-order valence-corrected chi connectivity index (χ0v) is 13.7. The molecule has 3 heterocycles. The summed E-state index contributed by atoms with van der Waals surface area (Å²) in [7, 11) is 0. The highest BCUT2D eigenvalue weighted by atomic mass is 16.6. The predicted octanol–water partition coefficient (Wildman–Crippen LogP) is 3.36. The minimum absolute atomic E-state index is 0.0303. The molecule has 0 aliphatic carbocycles. The number of aromatic hydroxyl groups is 2. The molecule has 1 saturated heterocycles. The van der Waals surface area contributed by atoms with Crippen molar-refractivity contribution in [3.05, 3.63) is 45.0 Å². The SMILES string of the molecule is Cc1cc([N+](=O)[O-])ccc1-n1c(O)c2c(c1O)[C@]1(C)CC[C@@]2(C)O1. The van der Waals surface area contributed by atoms with Crippen LogP contribution in [0.3, 0.4) is 0 Å². The second-order valence-corrected chi connectivity index (χ2v) is 7.02. The van der Waals surface area contributed by atoms with Crippen LogP contribution in [0.2, 0.25) is 0 Å². The van der Waals surface area contributed by atoms with Crippen molar-refractivity contribution < 1.29 is 19.9 Å². The summed E-state index contributed by atoms with van der Waals surface area (Å²) in [5, 5.41) is 32.5. The Morgan fingerprint density at radius 1 is 1.17 bits per heavy atom. The number of ether oxygens (including phenoxy) is 1. The molecule has 24 heavy (non-hydrogen) atoms. The van der Waals surface area contributed by atoms with Crippen LogP contribution in [0, 0.1) is 17.0 Å². The van der Waals surface area contributed by atoms with E-state index in [1.807, 2.05) is 13.8 Å². The summed E-state index contributed by atoms with van der Waals surface area (Å²) in [6, 6.07) is 4.32. The summed E-state index contributed by atoms with van der Waals surface area (Å²) in [6.45, 7) is 5.54. The molecule has 1 aromatic heterocycles. The molecule has 2 aromatic rings. The Labute approximate surface area is 138 Å². The first-order valence-corrected chi connectivity index (χ1v) is 7.81. The number of hydrogen-bond donors (Lipinski definition) is 2. The summed E-state index contributed by atoms with van der Waals surface area (Å²) < 4.78 is 7.42. The lowest BCUT2D eigenvalue weighted by atomic mass is 9.80. The molecule has 4 rings (SSSR count). The van der Waals surface area contributed by atoms with Gasteiger partial charge in [0.05, 0.1) is 32.9 Å². The van der Waals surface area contributed by atoms with Gasteiger partial charge in [-0.15, -0.1) is 0 Å². The molecule has 126 valence electrons. The fourth-order valence-corrected chi connectivity index (χ4v) is 4.21. The van der Waals surface area contributed by atoms with Gasteiger partial charge in [0.2, 0.25) is 11.8 Å². The average Bonchev–Trinajstić information content (AvgIpc) is 3.04. The summed E-state index contributed by atoms with van der Waals surface area (Å²) in [5.74, 6) is -0.129. The van der Waals surface area contributed by atoms with Gasteiger partial charge in [-0.1, -0.05) is 0 Å². The molecule has 2 aliphatic rings.